The summed E-state index contributed by atoms with van der Waals surface area (Å²) in [5.74, 6) is -3.31. The van der Waals surface area contributed by atoms with Gasteiger partial charge in [-0.2, -0.15) is 0 Å². The van der Waals surface area contributed by atoms with Crippen molar-refractivity contribution in [2.24, 2.45) is 5.92 Å². The number of β-lactam (4-membered cyclic amide) rings is 1. The first-order chi connectivity index (χ1) is 10.6. The van der Waals surface area contributed by atoms with Gasteiger partial charge in [0, 0.05) is 6.54 Å². The Bertz CT molecular complexity index is 676. The number of carboxylic acids is 1. The maximum absolute atomic E-state index is 12.5. The minimum absolute atomic E-state index is 0. The molecule has 0 aromatic rings. The Hall–Kier alpha value is -1.10. The molecule has 11 heteroatoms. The molecule has 128 valence electrons. The smallest absolute Gasteiger partial charge is 0.548 e. The Morgan fingerprint density at radius 3 is 2.54 bits per heavy atom. The van der Waals surface area contributed by atoms with E-state index in [9.17, 15) is 27.9 Å². The van der Waals surface area contributed by atoms with Gasteiger partial charge < -0.3 is 24.9 Å². The van der Waals surface area contributed by atoms with Crippen LogP contribution in [0.4, 0.5) is 4.79 Å². The van der Waals surface area contributed by atoms with E-state index in [2.05, 4.69) is 16.6 Å². The monoisotopic (exact) mass is 368 g/mol. The van der Waals surface area contributed by atoms with Crippen molar-refractivity contribution in [1.82, 2.24) is 10.2 Å². The van der Waals surface area contributed by atoms with Crippen molar-refractivity contribution in [1.29, 1.82) is 0 Å². The first-order valence-electron chi connectivity index (χ1n) is 6.85. The van der Waals surface area contributed by atoms with Crippen LogP contribution in [0.15, 0.2) is 12.7 Å². The number of hydrogen-bond donors (Lipinski definition) is 1. The van der Waals surface area contributed by atoms with E-state index in [-0.39, 0.29) is 42.7 Å². The molecule has 1 N–H and O–H groups in total. The maximum Gasteiger partial charge on any atom is 1.00 e. The van der Waals surface area contributed by atoms with Gasteiger partial charge in [-0.05, 0) is 13.8 Å². The number of rotatable bonds is 5. The number of fused-ring (bicyclic) bond motifs is 1. The number of carboxylic acid groups (broad SMARTS) is 1. The average Bonchev–Trinajstić information content (AvgIpc) is 2.59. The first kappa shape index (κ1) is 20.9. The van der Waals surface area contributed by atoms with Gasteiger partial charge in [0.15, 0.2) is 9.84 Å². The van der Waals surface area contributed by atoms with E-state index in [1.807, 2.05) is 0 Å². The zero-order chi connectivity index (χ0) is 17.6. The molecule has 24 heavy (non-hydrogen) atoms. The van der Waals surface area contributed by atoms with Gasteiger partial charge in [-0.1, -0.05) is 12.7 Å². The SMILES string of the molecule is C=CCOC(=O)NC[C@@H]1C(=O)N2[C@@H](C(=O)[O-])C(C)(C)S(=O)(=O)[C@H]12.[Na+]. The summed E-state index contributed by atoms with van der Waals surface area (Å²) in [5, 5.41) is 12.3. The third-order valence-electron chi connectivity index (χ3n) is 4.20. The Morgan fingerprint density at radius 2 is 2.04 bits per heavy atom. The fourth-order valence-electron chi connectivity index (χ4n) is 2.96. The number of sulfone groups is 1. The van der Waals surface area contributed by atoms with E-state index in [0.717, 1.165) is 4.90 Å². The zero-order valence-electron chi connectivity index (χ0n) is 13.6. The van der Waals surface area contributed by atoms with Gasteiger partial charge in [0.1, 0.15) is 12.0 Å². The number of carbonyl (C=O) groups is 3. The van der Waals surface area contributed by atoms with Crippen LogP contribution in [-0.4, -0.2) is 60.6 Å². The minimum Gasteiger partial charge on any atom is -0.548 e. The topological polar surface area (TPSA) is 133 Å². The number of alkyl carbamates (subject to hydrolysis) is 1. The van der Waals surface area contributed by atoms with Gasteiger partial charge in [-0.3, -0.25) is 4.79 Å². The van der Waals surface area contributed by atoms with Crippen molar-refractivity contribution < 1.29 is 62.2 Å². The van der Waals surface area contributed by atoms with Crippen LogP contribution in [0.2, 0.25) is 0 Å². The summed E-state index contributed by atoms with van der Waals surface area (Å²) < 4.78 is 28.0. The molecule has 2 aliphatic heterocycles. The van der Waals surface area contributed by atoms with Crippen molar-refractivity contribution >= 4 is 27.8 Å². The van der Waals surface area contributed by atoms with Crippen molar-refractivity contribution in [3.63, 3.8) is 0 Å². The summed E-state index contributed by atoms with van der Waals surface area (Å²) in [6, 6.07) is -1.55. The minimum atomic E-state index is -3.93. The van der Waals surface area contributed by atoms with E-state index in [0.29, 0.717) is 0 Å². The van der Waals surface area contributed by atoms with Gasteiger partial charge in [-0.25, -0.2) is 13.2 Å². The van der Waals surface area contributed by atoms with Crippen LogP contribution in [0.5, 0.6) is 0 Å². The molecule has 9 nitrogen and oxygen atoms in total. The Morgan fingerprint density at radius 1 is 1.46 bits per heavy atom. The van der Waals surface area contributed by atoms with Crippen molar-refractivity contribution in [2.45, 2.75) is 30.0 Å². The van der Waals surface area contributed by atoms with Gasteiger partial charge in [0.2, 0.25) is 5.91 Å². The second kappa shape index (κ2) is 7.03. The second-order valence-electron chi connectivity index (χ2n) is 5.88. The molecule has 0 spiro atoms. The molecule has 3 atom stereocenters. The van der Waals surface area contributed by atoms with Crippen molar-refractivity contribution in [3.8, 4) is 0 Å². The van der Waals surface area contributed by atoms with E-state index in [1.54, 1.807) is 0 Å². The molecule has 0 unspecified atom stereocenters. The summed E-state index contributed by atoms with van der Waals surface area (Å²) in [6.07, 6.45) is 0.534. The standard InChI is InChI=1S/C13H18N2O7S.Na/c1-4-5-22-12(19)14-6-7-9(16)15-8(11(17)18)13(2,3)23(20,21)10(7)15;/h4,7-8,10H,1,5-6H2,2-3H3,(H,14,19)(H,17,18);/q;+1/p-1/t7-,8+,10-;/m1./s1. The summed E-state index contributed by atoms with van der Waals surface area (Å²) in [5.41, 5.74) is 0. The van der Waals surface area contributed by atoms with Gasteiger partial charge in [0.05, 0.1) is 22.7 Å². The number of nitrogens with zero attached hydrogens (tertiary/aromatic N) is 1. The molecule has 0 saturated carbocycles. The summed E-state index contributed by atoms with van der Waals surface area (Å²) in [6.45, 7) is 5.57. The first-order valence-corrected chi connectivity index (χ1v) is 8.40. The third kappa shape index (κ3) is 2.96. The molecule has 0 radical (unpaired) electrons. The number of aliphatic carboxylic acids is 1. The van der Waals surface area contributed by atoms with Crippen LogP contribution in [0.25, 0.3) is 0 Å². The molecule has 2 amide bonds. The van der Waals surface area contributed by atoms with E-state index in [1.165, 1.54) is 19.9 Å². The van der Waals surface area contributed by atoms with E-state index < -0.39 is 49.9 Å². The summed E-state index contributed by atoms with van der Waals surface area (Å²) >= 11 is 0. The van der Waals surface area contributed by atoms with Crippen LogP contribution < -0.4 is 40.0 Å². The maximum atomic E-state index is 12.5. The Balaban J connectivity index is 0.00000288. The van der Waals surface area contributed by atoms with E-state index in [4.69, 9.17) is 0 Å². The van der Waals surface area contributed by atoms with Crippen LogP contribution in [0.1, 0.15) is 13.8 Å². The zero-order valence-corrected chi connectivity index (χ0v) is 16.5. The molecule has 2 aliphatic rings. The molecule has 0 bridgehead atoms. The third-order valence-corrected chi connectivity index (χ3v) is 7.08. The molecule has 0 aliphatic carbocycles. The average molecular weight is 368 g/mol. The largest absolute Gasteiger partial charge is 1.00 e. The molecular weight excluding hydrogens is 351 g/mol. The number of amides is 2. The predicted molar refractivity (Wildman–Crippen MR) is 75.5 cm³/mol. The van der Waals surface area contributed by atoms with Crippen LogP contribution >= 0.6 is 0 Å². The van der Waals surface area contributed by atoms with E-state index >= 15 is 0 Å². The number of carbonyl (C=O) groups excluding carboxylic acids is 3. The summed E-state index contributed by atoms with van der Waals surface area (Å²) in [7, 11) is -3.93. The predicted octanol–water partition coefficient (Wildman–Crippen LogP) is -4.99. The second-order valence-corrected chi connectivity index (χ2v) is 8.51. The van der Waals surface area contributed by atoms with Crippen molar-refractivity contribution in [2.75, 3.05) is 13.2 Å². The molecule has 0 aromatic heterocycles. The van der Waals surface area contributed by atoms with Gasteiger partial charge in [-0.15, -0.1) is 0 Å². The molecular formula is C13H17N2NaO7S. The van der Waals surface area contributed by atoms with Gasteiger partial charge in [0.25, 0.3) is 0 Å². The van der Waals surface area contributed by atoms with Crippen LogP contribution in [-0.2, 0) is 24.2 Å². The number of hydrogen-bond acceptors (Lipinski definition) is 7. The number of ether oxygens (including phenoxy) is 1. The fourth-order valence-corrected chi connectivity index (χ4v) is 5.27. The normalized spacial score (nSPS) is 28.8. The molecule has 2 saturated heterocycles. The quantitative estimate of drug-likeness (QED) is 0.292. The molecule has 2 heterocycles. The Kier molecular flexibility index (Phi) is 6.13. The Labute approximate surface area is 161 Å². The molecule has 2 fully saturated rings. The van der Waals surface area contributed by atoms with Crippen LogP contribution in [0.3, 0.4) is 0 Å². The van der Waals surface area contributed by atoms with Gasteiger partial charge >= 0.3 is 35.7 Å². The van der Waals surface area contributed by atoms with Crippen molar-refractivity contribution in [3.05, 3.63) is 12.7 Å². The fraction of sp³-hybridized carbons (Fsp3) is 0.615. The molecule has 2 rings (SSSR count). The molecule has 0 aromatic carbocycles. The number of nitrogens with one attached hydrogen (secondary N) is 1. The summed E-state index contributed by atoms with van der Waals surface area (Å²) in [4.78, 5) is 35.5. The van der Waals surface area contributed by atoms with Crippen LogP contribution in [0, 0.1) is 5.92 Å².